The van der Waals surface area contributed by atoms with Crippen molar-refractivity contribution in [2.75, 3.05) is 7.11 Å². The van der Waals surface area contributed by atoms with Gasteiger partial charge in [-0.25, -0.2) is 18.6 Å². The average Bonchev–Trinajstić information content (AvgIpc) is 2.66. The molecule has 0 bridgehead atoms. The summed E-state index contributed by atoms with van der Waals surface area (Å²) in [5.74, 6) is -1.57. The van der Waals surface area contributed by atoms with Crippen LogP contribution in [0.5, 0.6) is 0 Å². The van der Waals surface area contributed by atoms with E-state index < -0.39 is 46.0 Å². The maximum Gasteiger partial charge on any atom is 0.434 e. The van der Waals surface area contributed by atoms with Crippen LogP contribution in [0.15, 0.2) is 18.2 Å². The number of carbonyl (C=O) groups is 1. The number of rotatable bonds is 6. The van der Waals surface area contributed by atoms with Gasteiger partial charge in [-0.15, -0.1) is 0 Å². The molecule has 0 spiro atoms. The van der Waals surface area contributed by atoms with E-state index in [4.69, 9.17) is 35.4 Å². The molecule has 11 heteroatoms. The van der Waals surface area contributed by atoms with Crippen molar-refractivity contribution in [2.45, 2.75) is 32.9 Å². The zero-order chi connectivity index (χ0) is 23.7. The number of alkyl halides is 5. The molecule has 31 heavy (non-hydrogen) atoms. The van der Waals surface area contributed by atoms with Crippen LogP contribution in [0.2, 0.25) is 10.0 Å². The fraction of sp³-hybridized carbons (Fsp3) is 0.350. The van der Waals surface area contributed by atoms with Crippen LogP contribution in [0, 0.1) is 5.92 Å². The molecule has 0 saturated carbocycles. The van der Waals surface area contributed by atoms with Gasteiger partial charge in [-0.1, -0.05) is 49.3 Å². The van der Waals surface area contributed by atoms with E-state index >= 15 is 0 Å². The lowest BCUT2D eigenvalue weighted by molar-refractivity contribution is -0.141. The molecule has 0 N–H and O–H groups in total. The van der Waals surface area contributed by atoms with E-state index in [1.807, 2.05) is 0 Å². The minimum Gasteiger partial charge on any atom is -0.465 e. The van der Waals surface area contributed by atoms with E-state index in [1.54, 1.807) is 13.8 Å². The molecule has 168 valence electrons. The van der Waals surface area contributed by atoms with Crippen molar-refractivity contribution in [3.05, 3.63) is 61.9 Å². The van der Waals surface area contributed by atoms with Crippen LogP contribution in [0.3, 0.4) is 0 Å². The molecule has 0 radical (unpaired) electrons. The van der Waals surface area contributed by atoms with E-state index in [-0.39, 0.29) is 33.5 Å². The third-order valence-corrected chi connectivity index (χ3v) is 5.19. The molecule has 0 aliphatic carbocycles. The molecule has 1 heterocycles. The highest BCUT2D eigenvalue weighted by Gasteiger charge is 2.42. The van der Waals surface area contributed by atoms with Crippen molar-refractivity contribution >= 4 is 46.3 Å². The first-order valence-corrected chi connectivity index (χ1v) is 9.96. The molecule has 2 aromatic rings. The van der Waals surface area contributed by atoms with Gasteiger partial charge in [-0.2, -0.15) is 13.2 Å². The molecule has 1 aromatic heterocycles. The number of aromatic nitrogens is 1. The summed E-state index contributed by atoms with van der Waals surface area (Å²) >= 11 is 17.4. The monoisotopic (exact) mass is 499 g/mol. The quantitative estimate of drug-likeness (QED) is 0.184. The fourth-order valence-corrected chi connectivity index (χ4v) is 3.84. The molecule has 0 fully saturated rings. The summed E-state index contributed by atoms with van der Waals surface area (Å²) in [6.07, 6.45) is -8.78. The molecule has 1 aromatic carbocycles. The van der Waals surface area contributed by atoms with Gasteiger partial charge in [0.2, 0.25) is 0 Å². The normalized spacial score (nSPS) is 11.9. The number of nitrogens with zero attached hydrogens (tertiary/aromatic N) is 1. The van der Waals surface area contributed by atoms with Gasteiger partial charge in [0.1, 0.15) is 5.69 Å². The van der Waals surface area contributed by atoms with E-state index in [0.717, 1.165) is 7.11 Å². The summed E-state index contributed by atoms with van der Waals surface area (Å²) in [5, 5.41) is 0.140. The molecule has 0 aliphatic heterocycles. The molecular weight excluding hydrogens is 484 g/mol. The van der Waals surface area contributed by atoms with Crippen LogP contribution < -0.4 is 0 Å². The molecule has 3 nitrogen and oxygen atoms in total. The minimum absolute atomic E-state index is 0.00410. The number of ether oxygens (including phenoxy) is 1. The molecule has 0 aliphatic rings. The fourth-order valence-electron chi connectivity index (χ4n) is 3.01. The largest absolute Gasteiger partial charge is 0.465 e. The van der Waals surface area contributed by atoms with Crippen LogP contribution in [0.25, 0.3) is 0 Å². The third-order valence-electron chi connectivity index (χ3n) is 4.21. The lowest BCUT2D eigenvalue weighted by atomic mass is 9.88. The Morgan fingerprint density at radius 3 is 2.29 bits per heavy atom. The van der Waals surface area contributed by atoms with Crippen LogP contribution in [-0.4, -0.2) is 22.9 Å². The number of esters is 1. The molecular formula is C20H16Cl2F5NO2S. The average molecular weight is 500 g/mol. The first-order valence-electron chi connectivity index (χ1n) is 8.79. The number of pyridine rings is 1. The standard InChI is InChI=1S/C20H16Cl2F5NO2S/c1-8(2)6-11-13(19(29)30-3)15(18(23)24)28-17(20(25,26)27)14(11)16(31)10-7-9(21)4-5-12(10)22/h4-5,7-8,18H,6H2,1-3H3. The van der Waals surface area contributed by atoms with Crippen molar-refractivity contribution < 1.29 is 31.5 Å². The maximum absolute atomic E-state index is 13.9. The Labute approximate surface area is 190 Å². The number of thiocarbonyl (C=S) groups is 1. The van der Waals surface area contributed by atoms with Crippen molar-refractivity contribution in [1.29, 1.82) is 0 Å². The van der Waals surface area contributed by atoms with Crippen molar-refractivity contribution in [2.24, 2.45) is 5.92 Å². The second kappa shape index (κ2) is 9.75. The zero-order valence-corrected chi connectivity index (χ0v) is 18.7. The summed E-state index contributed by atoms with van der Waals surface area (Å²) in [5.41, 5.74) is -4.73. The highest BCUT2D eigenvalue weighted by Crippen LogP contribution is 2.39. The Kier molecular flexibility index (Phi) is 7.99. The smallest absolute Gasteiger partial charge is 0.434 e. The van der Waals surface area contributed by atoms with Gasteiger partial charge in [0.05, 0.1) is 17.5 Å². The number of hydrogen-bond acceptors (Lipinski definition) is 4. The Balaban J connectivity index is 3.06. The van der Waals surface area contributed by atoms with Gasteiger partial charge >= 0.3 is 12.1 Å². The highest BCUT2D eigenvalue weighted by atomic mass is 35.5. The van der Waals surface area contributed by atoms with Crippen LogP contribution in [-0.2, 0) is 17.3 Å². The van der Waals surface area contributed by atoms with Gasteiger partial charge < -0.3 is 4.74 Å². The lowest BCUT2D eigenvalue weighted by Crippen LogP contribution is -2.25. The summed E-state index contributed by atoms with van der Waals surface area (Å²) in [4.78, 5) is 15.1. The van der Waals surface area contributed by atoms with E-state index in [9.17, 15) is 26.7 Å². The Morgan fingerprint density at radius 1 is 1.19 bits per heavy atom. The topological polar surface area (TPSA) is 39.2 Å². The minimum atomic E-state index is -5.14. The van der Waals surface area contributed by atoms with E-state index in [1.165, 1.54) is 18.2 Å². The lowest BCUT2D eigenvalue weighted by Gasteiger charge is -2.23. The van der Waals surface area contributed by atoms with Crippen molar-refractivity contribution in [3.8, 4) is 0 Å². The number of benzene rings is 1. The number of halogens is 7. The maximum atomic E-state index is 13.9. The first-order chi connectivity index (χ1) is 14.3. The van der Waals surface area contributed by atoms with Crippen molar-refractivity contribution in [1.82, 2.24) is 4.98 Å². The Morgan fingerprint density at radius 2 is 1.81 bits per heavy atom. The summed E-state index contributed by atoms with van der Waals surface area (Å²) in [6.45, 7) is 3.30. The van der Waals surface area contributed by atoms with E-state index in [2.05, 4.69) is 9.72 Å². The van der Waals surface area contributed by atoms with E-state index in [0.29, 0.717) is 0 Å². The predicted molar refractivity (Wildman–Crippen MR) is 111 cm³/mol. The predicted octanol–water partition coefficient (Wildman–Crippen LogP) is 7.10. The number of hydrogen-bond donors (Lipinski definition) is 0. The SMILES string of the molecule is COC(=O)c1c(C(F)F)nc(C(F)(F)F)c(C(=S)c2cc(Cl)ccc2Cl)c1CC(C)C. The number of methoxy groups -OCH3 is 1. The molecule has 2 rings (SSSR count). The van der Waals surface area contributed by atoms with Gasteiger partial charge in [-0.3, -0.25) is 0 Å². The summed E-state index contributed by atoms with van der Waals surface area (Å²) < 4.78 is 73.7. The van der Waals surface area contributed by atoms with Gasteiger partial charge in [0.25, 0.3) is 6.43 Å². The van der Waals surface area contributed by atoms with Gasteiger partial charge in [0, 0.05) is 21.2 Å². The number of carbonyl (C=O) groups excluding carboxylic acids is 1. The first kappa shape index (κ1) is 25.4. The second-order valence-electron chi connectivity index (χ2n) is 6.92. The highest BCUT2D eigenvalue weighted by molar-refractivity contribution is 7.81. The van der Waals surface area contributed by atoms with Crippen molar-refractivity contribution in [3.63, 3.8) is 0 Å². The van der Waals surface area contributed by atoms with Crippen LogP contribution >= 0.6 is 35.4 Å². The molecule has 0 amide bonds. The Hall–Kier alpha value is -1.84. The van der Waals surface area contributed by atoms with Gasteiger partial charge in [-0.05, 0) is 36.1 Å². The third kappa shape index (κ3) is 5.51. The molecule has 0 atom stereocenters. The van der Waals surface area contributed by atoms with Gasteiger partial charge in [0.15, 0.2) is 5.69 Å². The molecule has 0 saturated heterocycles. The molecule has 0 unspecified atom stereocenters. The summed E-state index contributed by atoms with van der Waals surface area (Å²) in [7, 11) is 0.931. The summed E-state index contributed by atoms with van der Waals surface area (Å²) in [6, 6.07) is 4.00. The Bertz CT molecular complexity index is 1030. The van der Waals surface area contributed by atoms with Crippen LogP contribution in [0.4, 0.5) is 22.0 Å². The zero-order valence-electron chi connectivity index (χ0n) is 16.4. The van der Waals surface area contributed by atoms with Crippen LogP contribution in [0.1, 0.15) is 58.7 Å². The second-order valence-corrected chi connectivity index (χ2v) is 8.17.